The van der Waals surface area contributed by atoms with Crippen molar-refractivity contribution in [1.29, 1.82) is 0 Å². The van der Waals surface area contributed by atoms with Crippen LogP contribution in [-0.2, 0) is 15.9 Å². The molecule has 19 heavy (non-hydrogen) atoms. The molecular weight excluding hydrogens is 244 g/mol. The molecule has 0 aliphatic heterocycles. The van der Waals surface area contributed by atoms with Crippen molar-refractivity contribution >= 4 is 6.29 Å². The molecule has 0 atom stereocenters. The Balaban J connectivity index is 2.95. The Kier molecular flexibility index (Phi) is 6.53. The van der Waals surface area contributed by atoms with Crippen LogP contribution in [0.15, 0.2) is 12.1 Å². The Morgan fingerprint density at radius 1 is 1.26 bits per heavy atom. The van der Waals surface area contributed by atoms with Crippen molar-refractivity contribution < 1.29 is 19.0 Å². The molecule has 0 aromatic heterocycles. The third-order valence-electron chi connectivity index (χ3n) is 2.96. The van der Waals surface area contributed by atoms with Crippen LogP contribution in [0.25, 0.3) is 0 Å². The molecule has 0 aliphatic carbocycles. The summed E-state index contributed by atoms with van der Waals surface area (Å²) >= 11 is 0. The van der Waals surface area contributed by atoms with E-state index in [1.807, 2.05) is 12.1 Å². The molecule has 0 N–H and O–H groups in total. The minimum Gasteiger partial charge on any atom is -0.496 e. The highest BCUT2D eigenvalue weighted by molar-refractivity contribution is 5.80. The van der Waals surface area contributed by atoms with Crippen molar-refractivity contribution in [3.05, 3.63) is 28.8 Å². The van der Waals surface area contributed by atoms with Gasteiger partial charge in [-0.2, -0.15) is 0 Å². The zero-order valence-corrected chi connectivity index (χ0v) is 12.1. The molecule has 0 radical (unpaired) electrons. The topological polar surface area (TPSA) is 44.8 Å². The third-order valence-corrected chi connectivity index (χ3v) is 2.96. The van der Waals surface area contributed by atoms with Crippen LogP contribution in [0.5, 0.6) is 5.75 Å². The molecule has 4 nitrogen and oxygen atoms in total. The van der Waals surface area contributed by atoms with Crippen LogP contribution < -0.4 is 4.74 Å². The predicted octanol–water partition coefficient (Wildman–Crippen LogP) is 2.79. The highest BCUT2D eigenvalue weighted by Crippen LogP contribution is 2.28. The summed E-state index contributed by atoms with van der Waals surface area (Å²) in [5, 5.41) is 0. The van der Waals surface area contributed by atoms with E-state index in [4.69, 9.17) is 14.2 Å². The lowest BCUT2D eigenvalue weighted by atomic mass is 9.93. The fraction of sp³-hybridized carbons (Fsp3) is 0.533. The zero-order chi connectivity index (χ0) is 14.3. The Hall–Kier alpha value is -1.39. The van der Waals surface area contributed by atoms with E-state index >= 15 is 0 Å². The van der Waals surface area contributed by atoms with Crippen LogP contribution in [0.1, 0.15) is 41.3 Å². The van der Waals surface area contributed by atoms with E-state index in [1.54, 1.807) is 14.2 Å². The lowest BCUT2D eigenvalue weighted by Gasteiger charge is -2.16. The van der Waals surface area contributed by atoms with Gasteiger partial charge in [0.25, 0.3) is 0 Å². The number of aldehydes is 1. The zero-order valence-electron chi connectivity index (χ0n) is 12.1. The van der Waals surface area contributed by atoms with E-state index in [0.29, 0.717) is 30.6 Å². The molecule has 1 aromatic carbocycles. The molecule has 4 heteroatoms. The summed E-state index contributed by atoms with van der Waals surface area (Å²) in [5.74, 6) is 0.961. The van der Waals surface area contributed by atoms with Gasteiger partial charge in [0.1, 0.15) is 12.5 Å². The average molecular weight is 266 g/mol. The predicted molar refractivity (Wildman–Crippen MR) is 74.0 cm³/mol. The number of rotatable bonds is 8. The summed E-state index contributed by atoms with van der Waals surface area (Å²) in [5.41, 5.74) is 2.89. The molecule has 0 unspecified atom stereocenters. The van der Waals surface area contributed by atoms with E-state index < -0.39 is 0 Å². The maximum Gasteiger partial charge on any atom is 0.153 e. The van der Waals surface area contributed by atoms with Crippen LogP contribution in [0, 0.1) is 0 Å². The van der Waals surface area contributed by atoms with E-state index in [2.05, 4.69) is 13.8 Å². The number of carbonyl (C=O) groups is 1. The van der Waals surface area contributed by atoms with Gasteiger partial charge in [0.2, 0.25) is 0 Å². The molecule has 106 valence electrons. The van der Waals surface area contributed by atoms with Crippen LogP contribution >= 0.6 is 0 Å². The fourth-order valence-electron chi connectivity index (χ4n) is 2.00. The van der Waals surface area contributed by atoms with Crippen molar-refractivity contribution in [2.75, 3.05) is 27.6 Å². The number of benzene rings is 1. The lowest BCUT2D eigenvalue weighted by Crippen LogP contribution is -2.06. The molecular formula is C15H22O4. The normalized spacial score (nSPS) is 10.8. The third kappa shape index (κ3) is 4.33. The van der Waals surface area contributed by atoms with Gasteiger partial charge in [0, 0.05) is 7.11 Å². The fourth-order valence-corrected chi connectivity index (χ4v) is 2.00. The molecule has 0 spiro atoms. The molecule has 0 fully saturated rings. The number of methoxy groups -OCH3 is 2. The summed E-state index contributed by atoms with van der Waals surface area (Å²) in [6, 6.07) is 3.83. The van der Waals surface area contributed by atoms with Gasteiger partial charge in [0.15, 0.2) is 6.29 Å². The van der Waals surface area contributed by atoms with Crippen molar-refractivity contribution in [3.63, 3.8) is 0 Å². The van der Waals surface area contributed by atoms with Crippen LogP contribution in [0.2, 0.25) is 0 Å². The first-order chi connectivity index (χ1) is 9.13. The highest BCUT2D eigenvalue weighted by Gasteiger charge is 2.12. The minimum atomic E-state index is 0.292. The number of hydrogen-bond acceptors (Lipinski definition) is 4. The van der Waals surface area contributed by atoms with Crippen molar-refractivity contribution in [2.45, 2.75) is 26.2 Å². The van der Waals surface area contributed by atoms with E-state index in [-0.39, 0.29) is 0 Å². The van der Waals surface area contributed by atoms with E-state index in [0.717, 1.165) is 23.8 Å². The molecule has 0 aliphatic rings. The Labute approximate surface area is 114 Å². The van der Waals surface area contributed by atoms with E-state index in [1.165, 1.54) is 0 Å². The first-order valence-electron chi connectivity index (χ1n) is 6.36. The molecule has 1 rings (SSSR count). The van der Waals surface area contributed by atoms with Gasteiger partial charge in [-0.3, -0.25) is 4.79 Å². The monoisotopic (exact) mass is 266 g/mol. The number of hydrogen-bond donors (Lipinski definition) is 0. The van der Waals surface area contributed by atoms with Crippen molar-refractivity contribution in [2.24, 2.45) is 0 Å². The molecule has 0 saturated heterocycles. The second-order valence-corrected chi connectivity index (χ2v) is 4.63. The van der Waals surface area contributed by atoms with Crippen LogP contribution in [-0.4, -0.2) is 33.9 Å². The Morgan fingerprint density at radius 2 is 2.00 bits per heavy atom. The highest BCUT2D eigenvalue weighted by atomic mass is 16.7. The van der Waals surface area contributed by atoms with Gasteiger partial charge >= 0.3 is 0 Å². The number of ether oxygens (including phenoxy) is 3. The van der Waals surface area contributed by atoms with Gasteiger partial charge in [-0.25, -0.2) is 0 Å². The summed E-state index contributed by atoms with van der Waals surface area (Å²) in [7, 11) is 3.17. The SMILES string of the molecule is COCOCCc1cc(OC)c(C=O)cc1C(C)C. The van der Waals surface area contributed by atoms with Crippen molar-refractivity contribution in [3.8, 4) is 5.75 Å². The van der Waals surface area contributed by atoms with Gasteiger partial charge in [-0.15, -0.1) is 0 Å². The Bertz CT molecular complexity index is 413. The second kappa shape index (κ2) is 7.92. The average Bonchev–Trinajstić information content (AvgIpc) is 2.42. The second-order valence-electron chi connectivity index (χ2n) is 4.63. The van der Waals surface area contributed by atoms with Crippen molar-refractivity contribution in [1.82, 2.24) is 0 Å². The van der Waals surface area contributed by atoms with Crippen LogP contribution in [0.4, 0.5) is 0 Å². The standard InChI is InChI=1S/C15H22O4/c1-11(2)14-7-13(9-16)15(18-4)8-12(14)5-6-19-10-17-3/h7-9,11H,5-6,10H2,1-4H3. The molecule has 0 bridgehead atoms. The first kappa shape index (κ1) is 15.7. The number of carbonyl (C=O) groups excluding carboxylic acids is 1. The van der Waals surface area contributed by atoms with Crippen LogP contribution in [0.3, 0.4) is 0 Å². The minimum absolute atomic E-state index is 0.292. The summed E-state index contributed by atoms with van der Waals surface area (Å²) < 4.78 is 15.4. The smallest absolute Gasteiger partial charge is 0.153 e. The van der Waals surface area contributed by atoms with E-state index in [9.17, 15) is 4.79 Å². The first-order valence-corrected chi connectivity index (χ1v) is 6.36. The maximum atomic E-state index is 11.1. The lowest BCUT2D eigenvalue weighted by molar-refractivity contribution is -0.0291. The maximum absolute atomic E-state index is 11.1. The quantitative estimate of drug-likeness (QED) is 0.412. The summed E-state index contributed by atoms with van der Waals surface area (Å²) in [4.78, 5) is 11.1. The summed E-state index contributed by atoms with van der Waals surface area (Å²) in [6.07, 6.45) is 1.60. The van der Waals surface area contributed by atoms with Gasteiger partial charge < -0.3 is 14.2 Å². The van der Waals surface area contributed by atoms with Gasteiger partial charge in [-0.1, -0.05) is 13.8 Å². The molecule has 1 aromatic rings. The molecule has 0 amide bonds. The molecule has 0 saturated carbocycles. The Morgan fingerprint density at radius 3 is 2.53 bits per heavy atom. The largest absolute Gasteiger partial charge is 0.496 e. The summed E-state index contributed by atoms with van der Waals surface area (Å²) in [6.45, 7) is 5.09. The molecule has 0 heterocycles. The van der Waals surface area contributed by atoms with Gasteiger partial charge in [-0.05, 0) is 35.6 Å². The van der Waals surface area contributed by atoms with Gasteiger partial charge in [0.05, 0.1) is 19.3 Å².